The molecule has 0 aliphatic rings. The maximum absolute atomic E-state index is 11.0. The first kappa shape index (κ1) is 14.5. The number of carbonyl (C=O) groups is 1. The van der Waals surface area contributed by atoms with E-state index < -0.39 is 0 Å². The number of methoxy groups -OCH3 is 1. The summed E-state index contributed by atoms with van der Waals surface area (Å²) in [7, 11) is 1.63. The second-order valence-corrected chi connectivity index (χ2v) is 4.08. The Kier molecular flexibility index (Phi) is 6.18. The van der Waals surface area contributed by atoms with Gasteiger partial charge in [-0.2, -0.15) is 0 Å². The normalized spacial score (nSPS) is 11.9. The topological polar surface area (TPSA) is 73.6 Å². The van der Waals surface area contributed by atoms with Crippen molar-refractivity contribution in [3.63, 3.8) is 0 Å². The van der Waals surface area contributed by atoms with Gasteiger partial charge < -0.3 is 9.47 Å². The van der Waals surface area contributed by atoms with Crippen molar-refractivity contribution in [1.29, 1.82) is 0 Å². The lowest BCUT2D eigenvalue weighted by Gasteiger charge is -2.13. The number of nitrogens with one attached hydrogen (secondary N) is 1. The summed E-state index contributed by atoms with van der Waals surface area (Å²) in [5, 5.41) is 0. The predicted octanol–water partition coefficient (Wildman–Crippen LogP) is 1.37. The van der Waals surface area contributed by atoms with Gasteiger partial charge in [0.1, 0.15) is 5.75 Å². The Labute approximate surface area is 107 Å². The maximum Gasteiger partial charge on any atom is 0.233 e. The fourth-order valence-corrected chi connectivity index (χ4v) is 1.49. The van der Waals surface area contributed by atoms with Gasteiger partial charge in [0.25, 0.3) is 0 Å². The van der Waals surface area contributed by atoms with Crippen LogP contribution in [0.3, 0.4) is 0 Å². The van der Waals surface area contributed by atoms with E-state index in [1.807, 2.05) is 31.2 Å². The van der Waals surface area contributed by atoms with Gasteiger partial charge in [-0.25, -0.2) is 5.84 Å². The zero-order valence-corrected chi connectivity index (χ0v) is 10.8. The molecule has 5 nitrogen and oxygen atoms in total. The average molecular weight is 252 g/mol. The number of carbonyl (C=O) groups excluding carboxylic acids is 1. The van der Waals surface area contributed by atoms with E-state index in [9.17, 15) is 4.79 Å². The summed E-state index contributed by atoms with van der Waals surface area (Å²) >= 11 is 0. The summed E-state index contributed by atoms with van der Waals surface area (Å²) in [5.74, 6) is 5.64. The van der Waals surface area contributed by atoms with Gasteiger partial charge in [-0.1, -0.05) is 12.1 Å². The molecule has 0 aromatic heterocycles. The highest BCUT2D eigenvalue weighted by Gasteiger charge is 2.06. The van der Waals surface area contributed by atoms with Crippen LogP contribution in [0.5, 0.6) is 5.75 Å². The van der Waals surface area contributed by atoms with Crippen LogP contribution in [0.1, 0.15) is 25.3 Å². The lowest BCUT2D eigenvalue weighted by molar-refractivity contribution is -0.121. The van der Waals surface area contributed by atoms with Gasteiger partial charge in [0.2, 0.25) is 5.91 Å². The molecule has 0 spiro atoms. The molecule has 1 atom stereocenters. The van der Waals surface area contributed by atoms with Crippen molar-refractivity contribution >= 4 is 5.91 Å². The lowest BCUT2D eigenvalue weighted by Crippen LogP contribution is -2.30. The van der Waals surface area contributed by atoms with Crippen molar-refractivity contribution in [2.45, 2.75) is 32.5 Å². The van der Waals surface area contributed by atoms with Gasteiger partial charge in [0, 0.05) is 6.42 Å². The van der Waals surface area contributed by atoms with E-state index in [2.05, 4.69) is 5.43 Å². The highest BCUT2D eigenvalue weighted by Crippen LogP contribution is 2.14. The quantitative estimate of drug-likeness (QED) is 0.436. The van der Waals surface area contributed by atoms with Crippen LogP contribution in [0.2, 0.25) is 0 Å². The van der Waals surface area contributed by atoms with E-state index in [-0.39, 0.29) is 12.0 Å². The summed E-state index contributed by atoms with van der Waals surface area (Å²) in [6, 6.07) is 7.71. The lowest BCUT2D eigenvalue weighted by atomic mass is 10.2. The first-order valence-electron chi connectivity index (χ1n) is 5.89. The van der Waals surface area contributed by atoms with E-state index in [4.69, 9.17) is 15.3 Å². The largest absolute Gasteiger partial charge is 0.497 e. The number of hydrogen-bond donors (Lipinski definition) is 2. The number of amides is 1. The second-order valence-electron chi connectivity index (χ2n) is 4.08. The minimum atomic E-state index is -0.174. The molecule has 3 N–H and O–H groups in total. The standard InChI is InChI=1S/C13H20N2O3/c1-10(6-7-13(16)15-14)18-9-11-4-3-5-12(8-11)17-2/h3-5,8,10H,6-7,9,14H2,1-2H3,(H,15,16). The third-order valence-corrected chi connectivity index (χ3v) is 2.61. The first-order valence-corrected chi connectivity index (χ1v) is 5.89. The minimum absolute atomic E-state index is 0.00787. The smallest absolute Gasteiger partial charge is 0.233 e. The maximum atomic E-state index is 11.0. The molecule has 100 valence electrons. The minimum Gasteiger partial charge on any atom is -0.497 e. The van der Waals surface area contributed by atoms with Crippen LogP contribution >= 0.6 is 0 Å². The fraction of sp³-hybridized carbons (Fsp3) is 0.462. The van der Waals surface area contributed by atoms with Crippen molar-refractivity contribution in [2.24, 2.45) is 5.84 Å². The third kappa shape index (κ3) is 5.16. The highest BCUT2D eigenvalue weighted by molar-refractivity contribution is 5.75. The Morgan fingerprint density at radius 3 is 2.94 bits per heavy atom. The van der Waals surface area contributed by atoms with Gasteiger partial charge in [-0.3, -0.25) is 10.2 Å². The Morgan fingerprint density at radius 2 is 2.28 bits per heavy atom. The van der Waals surface area contributed by atoms with E-state index in [1.54, 1.807) is 7.11 Å². The molecule has 18 heavy (non-hydrogen) atoms. The summed E-state index contributed by atoms with van der Waals surface area (Å²) in [4.78, 5) is 11.0. The number of ether oxygens (including phenoxy) is 2. The first-order chi connectivity index (χ1) is 8.65. The molecule has 1 aromatic rings. The summed E-state index contributed by atoms with van der Waals surface area (Å²) in [5.41, 5.74) is 3.14. The summed E-state index contributed by atoms with van der Waals surface area (Å²) < 4.78 is 10.8. The van der Waals surface area contributed by atoms with Crippen LogP contribution in [-0.2, 0) is 16.1 Å². The average Bonchev–Trinajstić information content (AvgIpc) is 2.42. The Balaban J connectivity index is 2.33. The summed E-state index contributed by atoms with van der Waals surface area (Å²) in [6.45, 7) is 2.44. The van der Waals surface area contributed by atoms with Crippen LogP contribution in [-0.4, -0.2) is 19.1 Å². The van der Waals surface area contributed by atoms with Crippen LogP contribution < -0.4 is 16.0 Å². The van der Waals surface area contributed by atoms with E-state index in [0.29, 0.717) is 19.4 Å². The molecule has 5 heteroatoms. The van der Waals surface area contributed by atoms with Crippen molar-refractivity contribution < 1.29 is 14.3 Å². The number of rotatable bonds is 7. The zero-order chi connectivity index (χ0) is 13.4. The molecular weight excluding hydrogens is 232 g/mol. The molecular formula is C13H20N2O3. The Morgan fingerprint density at radius 1 is 1.50 bits per heavy atom. The molecule has 0 bridgehead atoms. The monoisotopic (exact) mass is 252 g/mol. The number of hydrogen-bond acceptors (Lipinski definition) is 4. The Bertz CT molecular complexity index is 382. The van der Waals surface area contributed by atoms with Gasteiger partial charge >= 0.3 is 0 Å². The van der Waals surface area contributed by atoms with E-state index in [1.165, 1.54) is 0 Å². The molecule has 0 fully saturated rings. The van der Waals surface area contributed by atoms with Gasteiger partial charge in [0.15, 0.2) is 0 Å². The molecule has 0 saturated heterocycles. The van der Waals surface area contributed by atoms with Crippen LogP contribution in [0.15, 0.2) is 24.3 Å². The molecule has 1 unspecified atom stereocenters. The molecule has 0 radical (unpaired) electrons. The predicted molar refractivity (Wildman–Crippen MR) is 68.8 cm³/mol. The molecule has 0 aliphatic carbocycles. The van der Waals surface area contributed by atoms with Gasteiger partial charge in [-0.05, 0) is 31.0 Å². The van der Waals surface area contributed by atoms with Crippen LogP contribution in [0.25, 0.3) is 0 Å². The number of nitrogens with two attached hydrogens (primary N) is 1. The van der Waals surface area contributed by atoms with Crippen molar-refractivity contribution in [2.75, 3.05) is 7.11 Å². The van der Waals surface area contributed by atoms with Crippen molar-refractivity contribution in [3.8, 4) is 5.75 Å². The van der Waals surface area contributed by atoms with Crippen LogP contribution in [0.4, 0.5) is 0 Å². The second kappa shape index (κ2) is 7.68. The van der Waals surface area contributed by atoms with Crippen molar-refractivity contribution in [1.82, 2.24) is 5.43 Å². The fourth-order valence-electron chi connectivity index (χ4n) is 1.49. The Hall–Kier alpha value is -1.59. The molecule has 0 aliphatic heterocycles. The van der Waals surface area contributed by atoms with E-state index in [0.717, 1.165) is 11.3 Å². The molecule has 1 amide bonds. The molecule has 1 rings (SSSR count). The molecule has 0 heterocycles. The molecule has 0 saturated carbocycles. The van der Waals surface area contributed by atoms with Crippen molar-refractivity contribution in [3.05, 3.63) is 29.8 Å². The third-order valence-electron chi connectivity index (χ3n) is 2.61. The summed E-state index contributed by atoms with van der Waals surface area (Å²) in [6.07, 6.45) is 1.02. The number of benzene rings is 1. The van der Waals surface area contributed by atoms with E-state index >= 15 is 0 Å². The molecule has 1 aromatic carbocycles. The zero-order valence-electron chi connectivity index (χ0n) is 10.8. The number of hydrazine groups is 1. The SMILES string of the molecule is COc1cccc(COC(C)CCC(=O)NN)c1. The highest BCUT2D eigenvalue weighted by atomic mass is 16.5. The van der Waals surface area contributed by atoms with Gasteiger partial charge in [-0.15, -0.1) is 0 Å². The van der Waals surface area contributed by atoms with Gasteiger partial charge in [0.05, 0.1) is 19.8 Å². The van der Waals surface area contributed by atoms with Crippen LogP contribution in [0, 0.1) is 0 Å².